The molecule has 11 heavy (non-hydrogen) atoms. The van der Waals surface area contributed by atoms with Gasteiger partial charge in [0, 0.05) is 0 Å². The van der Waals surface area contributed by atoms with E-state index >= 15 is 0 Å². The fourth-order valence-corrected chi connectivity index (χ4v) is 0.468. The van der Waals surface area contributed by atoms with Crippen molar-refractivity contribution in [3.8, 4) is 0 Å². The van der Waals surface area contributed by atoms with Crippen molar-refractivity contribution < 1.29 is 9.90 Å². The Hall–Kier alpha value is -1.57. The van der Waals surface area contributed by atoms with Crippen LogP contribution in [0.4, 0.5) is 0 Å². The Morgan fingerprint density at radius 2 is 2.00 bits per heavy atom. The van der Waals surface area contributed by atoms with Crippen molar-refractivity contribution in [3.63, 3.8) is 0 Å². The van der Waals surface area contributed by atoms with Crippen LogP contribution in [-0.4, -0.2) is 11.4 Å². The maximum atomic E-state index is 10.2. The summed E-state index contributed by atoms with van der Waals surface area (Å²) in [6, 6.07) is 0. The molecular weight excluding hydrogens is 140 g/mol. The summed E-state index contributed by atoms with van der Waals surface area (Å²) < 4.78 is 0. The highest BCUT2D eigenvalue weighted by molar-refractivity contribution is 5.78. The molecule has 0 bridgehead atoms. The number of aldehydes is 1. The minimum absolute atomic E-state index is 0.102. The summed E-state index contributed by atoms with van der Waals surface area (Å²) in [6.45, 7) is 6.76. The number of hydrogen-bond donors (Lipinski definition) is 1. The first-order chi connectivity index (χ1) is 5.26. The number of carbonyl (C=O) groups is 1. The average molecular weight is 150 g/mol. The van der Waals surface area contributed by atoms with Crippen molar-refractivity contribution in [1.29, 1.82) is 0 Å². The molecule has 1 N–H and O–H groups in total. The molecule has 0 heterocycles. The third-order valence-electron chi connectivity index (χ3n) is 1.03. The lowest BCUT2D eigenvalue weighted by Crippen LogP contribution is -1.85. The van der Waals surface area contributed by atoms with Crippen molar-refractivity contribution in [3.05, 3.63) is 48.8 Å². The van der Waals surface area contributed by atoms with Crippen LogP contribution in [-0.2, 0) is 4.79 Å². The Balaban J connectivity index is 4.60. The van der Waals surface area contributed by atoms with Gasteiger partial charge in [-0.25, -0.2) is 0 Å². The second-order valence-electron chi connectivity index (χ2n) is 1.76. The lowest BCUT2D eigenvalue weighted by molar-refractivity contribution is -0.104. The number of carbonyl (C=O) groups excluding carboxylic acids is 1. The van der Waals surface area contributed by atoms with Crippen LogP contribution in [0.5, 0.6) is 0 Å². The molecule has 0 fully saturated rings. The largest absolute Gasteiger partial charge is 0.507 e. The summed E-state index contributed by atoms with van der Waals surface area (Å²) in [7, 11) is 0. The lowest BCUT2D eigenvalue weighted by Gasteiger charge is -1.91. The fraction of sp³-hybridized carbons (Fsp3) is 0. The molecule has 2 nitrogen and oxygen atoms in total. The maximum Gasteiger partial charge on any atom is 0.153 e. The SMILES string of the molecule is C=C/C=C\C(O)=C(/C=C)C=O. The highest BCUT2D eigenvalue weighted by atomic mass is 16.3. The van der Waals surface area contributed by atoms with Crippen LogP contribution in [0, 0.1) is 0 Å². The Bertz CT molecular complexity index is 212. The number of allylic oxidation sites excluding steroid dienone is 5. The highest BCUT2D eigenvalue weighted by Crippen LogP contribution is 2.00. The van der Waals surface area contributed by atoms with Gasteiger partial charge >= 0.3 is 0 Å². The van der Waals surface area contributed by atoms with Crippen molar-refractivity contribution >= 4 is 6.29 Å². The van der Waals surface area contributed by atoms with Gasteiger partial charge in [0.1, 0.15) is 5.76 Å². The molecule has 0 spiro atoms. The van der Waals surface area contributed by atoms with Gasteiger partial charge in [-0.1, -0.05) is 31.4 Å². The Kier molecular flexibility index (Phi) is 4.49. The summed E-state index contributed by atoms with van der Waals surface area (Å²) in [5.41, 5.74) is 0.170. The molecule has 0 aromatic carbocycles. The van der Waals surface area contributed by atoms with Crippen molar-refractivity contribution in [1.82, 2.24) is 0 Å². The van der Waals surface area contributed by atoms with Gasteiger partial charge in [-0.3, -0.25) is 4.79 Å². The first-order valence-corrected chi connectivity index (χ1v) is 3.06. The normalized spacial score (nSPS) is 12.4. The van der Waals surface area contributed by atoms with Crippen LogP contribution in [0.2, 0.25) is 0 Å². The van der Waals surface area contributed by atoms with Crippen LogP contribution in [0.3, 0.4) is 0 Å². The first kappa shape index (κ1) is 9.43. The Morgan fingerprint density at radius 1 is 1.36 bits per heavy atom. The highest BCUT2D eigenvalue weighted by Gasteiger charge is 1.93. The van der Waals surface area contributed by atoms with Gasteiger partial charge in [-0.05, 0) is 6.08 Å². The Morgan fingerprint density at radius 3 is 2.36 bits per heavy atom. The fourth-order valence-electron chi connectivity index (χ4n) is 0.468. The predicted molar refractivity (Wildman–Crippen MR) is 45.3 cm³/mol. The van der Waals surface area contributed by atoms with E-state index in [0.29, 0.717) is 6.29 Å². The summed E-state index contributed by atoms with van der Waals surface area (Å²) >= 11 is 0. The minimum atomic E-state index is -0.102. The van der Waals surface area contributed by atoms with Crippen LogP contribution < -0.4 is 0 Å². The molecule has 0 saturated carbocycles. The molecule has 0 saturated heterocycles. The molecule has 0 amide bonds. The van der Waals surface area contributed by atoms with E-state index in [-0.39, 0.29) is 11.3 Å². The van der Waals surface area contributed by atoms with E-state index in [9.17, 15) is 4.79 Å². The van der Waals surface area contributed by atoms with Gasteiger partial charge in [0.2, 0.25) is 0 Å². The van der Waals surface area contributed by atoms with E-state index in [0.717, 1.165) is 0 Å². The quantitative estimate of drug-likeness (QED) is 0.288. The molecule has 0 unspecified atom stereocenters. The molecule has 0 aromatic rings. The van der Waals surface area contributed by atoms with Crippen LogP contribution in [0.1, 0.15) is 0 Å². The van der Waals surface area contributed by atoms with Gasteiger partial charge in [-0.15, -0.1) is 0 Å². The van der Waals surface area contributed by atoms with Crippen LogP contribution in [0.25, 0.3) is 0 Å². The van der Waals surface area contributed by atoms with E-state index in [1.54, 1.807) is 0 Å². The van der Waals surface area contributed by atoms with Crippen molar-refractivity contribution in [2.24, 2.45) is 0 Å². The first-order valence-electron chi connectivity index (χ1n) is 3.06. The molecule has 0 aliphatic carbocycles. The molecule has 0 radical (unpaired) electrons. The van der Waals surface area contributed by atoms with Gasteiger partial charge in [0.05, 0.1) is 5.57 Å². The average Bonchev–Trinajstić information content (AvgIpc) is 2.03. The number of aliphatic hydroxyl groups is 1. The third kappa shape index (κ3) is 3.20. The monoisotopic (exact) mass is 150 g/mol. The van der Waals surface area contributed by atoms with E-state index in [4.69, 9.17) is 5.11 Å². The molecule has 2 heteroatoms. The summed E-state index contributed by atoms with van der Waals surface area (Å²) in [5, 5.41) is 9.08. The Labute approximate surface area is 65.9 Å². The molecule has 0 aliphatic rings. The minimum Gasteiger partial charge on any atom is -0.507 e. The molecule has 58 valence electrons. The van der Waals surface area contributed by atoms with Gasteiger partial charge in [-0.2, -0.15) is 0 Å². The van der Waals surface area contributed by atoms with E-state index in [1.165, 1.54) is 24.3 Å². The third-order valence-corrected chi connectivity index (χ3v) is 1.03. The van der Waals surface area contributed by atoms with Crippen molar-refractivity contribution in [2.75, 3.05) is 0 Å². The molecular formula is C9H10O2. The molecule has 0 rings (SSSR count). The zero-order valence-corrected chi connectivity index (χ0v) is 6.16. The molecule has 0 aromatic heterocycles. The maximum absolute atomic E-state index is 10.2. The lowest BCUT2D eigenvalue weighted by atomic mass is 10.2. The predicted octanol–water partition coefficient (Wildman–Crippen LogP) is 1.93. The summed E-state index contributed by atoms with van der Waals surface area (Å²) in [6.07, 6.45) is 6.23. The van der Waals surface area contributed by atoms with E-state index in [2.05, 4.69) is 13.2 Å². The smallest absolute Gasteiger partial charge is 0.153 e. The van der Waals surface area contributed by atoms with Gasteiger partial charge in [0.25, 0.3) is 0 Å². The van der Waals surface area contributed by atoms with E-state index in [1.807, 2.05) is 0 Å². The van der Waals surface area contributed by atoms with Gasteiger partial charge in [0.15, 0.2) is 6.29 Å². The van der Waals surface area contributed by atoms with Crippen molar-refractivity contribution in [2.45, 2.75) is 0 Å². The van der Waals surface area contributed by atoms with Crippen LogP contribution in [0.15, 0.2) is 48.8 Å². The second-order valence-corrected chi connectivity index (χ2v) is 1.76. The second kappa shape index (κ2) is 5.23. The number of rotatable bonds is 4. The number of hydrogen-bond acceptors (Lipinski definition) is 2. The zero-order chi connectivity index (χ0) is 8.69. The van der Waals surface area contributed by atoms with Gasteiger partial charge < -0.3 is 5.11 Å². The van der Waals surface area contributed by atoms with Crippen LogP contribution >= 0.6 is 0 Å². The topological polar surface area (TPSA) is 37.3 Å². The number of aliphatic hydroxyl groups excluding tert-OH is 1. The standard InChI is InChI=1S/C9H10O2/c1-3-5-6-9(11)8(4-2)7-10/h3-7,11H,1-2H2/b6-5-,9-8-. The summed E-state index contributed by atoms with van der Waals surface area (Å²) in [5.74, 6) is -0.102. The zero-order valence-electron chi connectivity index (χ0n) is 6.16. The van der Waals surface area contributed by atoms with E-state index < -0.39 is 0 Å². The summed E-state index contributed by atoms with van der Waals surface area (Å²) in [4.78, 5) is 10.2. The molecule has 0 atom stereocenters. The molecule has 0 aliphatic heterocycles.